The number of likely N-dealkylation sites (tertiary alicyclic amines) is 1. The third-order valence-electron chi connectivity index (χ3n) is 5.03. The number of nitrogens with one attached hydrogen (secondary N) is 2. The lowest BCUT2D eigenvalue weighted by Gasteiger charge is -2.30. The second kappa shape index (κ2) is 9.98. The van der Waals surface area contributed by atoms with Crippen molar-refractivity contribution in [3.8, 4) is 0 Å². The van der Waals surface area contributed by atoms with Gasteiger partial charge in [0.25, 0.3) is 0 Å². The molecule has 2 aromatic rings. The Kier molecular flexibility index (Phi) is 7.13. The van der Waals surface area contributed by atoms with Crippen molar-refractivity contribution in [2.75, 3.05) is 37.4 Å². The summed E-state index contributed by atoms with van der Waals surface area (Å²) in [5.41, 5.74) is 1.59. The number of hydrogen-bond donors (Lipinski definition) is 2. The zero-order chi connectivity index (χ0) is 21.5. The number of ether oxygens (including phenoxy) is 1. The number of benzene rings is 2. The maximum atomic E-state index is 12.9. The van der Waals surface area contributed by atoms with Crippen molar-refractivity contribution in [1.29, 1.82) is 0 Å². The van der Waals surface area contributed by atoms with Gasteiger partial charge >= 0.3 is 5.97 Å². The Labute approximate surface area is 174 Å². The smallest absolute Gasteiger partial charge is 0.337 e. The lowest BCUT2D eigenvalue weighted by molar-refractivity contribution is -0.121. The highest BCUT2D eigenvalue weighted by molar-refractivity contribution is 5.94. The van der Waals surface area contributed by atoms with Gasteiger partial charge in [0.2, 0.25) is 11.8 Å². The van der Waals surface area contributed by atoms with E-state index in [-0.39, 0.29) is 30.1 Å². The molecule has 8 heteroatoms. The molecule has 1 aliphatic heterocycles. The molecule has 3 rings (SSSR count). The van der Waals surface area contributed by atoms with Gasteiger partial charge < -0.3 is 15.4 Å². The SMILES string of the molecule is COC(=O)c1ccc(NC(=O)C2CCN(CC(=O)Nc3ccc(F)cc3)CC2)cc1. The van der Waals surface area contributed by atoms with Crippen LogP contribution < -0.4 is 10.6 Å². The molecular weight excluding hydrogens is 389 g/mol. The first-order chi connectivity index (χ1) is 14.4. The normalized spacial score (nSPS) is 14.7. The predicted molar refractivity (Wildman–Crippen MR) is 111 cm³/mol. The van der Waals surface area contributed by atoms with E-state index in [1.165, 1.54) is 31.4 Å². The van der Waals surface area contributed by atoms with Gasteiger partial charge in [-0.15, -0.1) is 0 Å². The molecule has 0 unspecified atom stereocenters. The van der Waals surface area contributed by atoms with Crippen LogP contribution in [0.3, 0.4) is 0 Å². The molecule has 0 aliphatic carbocycles. The van der Waals surface area contributed by atoms with Crippen LogP contribution in [0, 0.1) is 11.7 Å². The van der Waals surface area contributed by atoms with E-state index < -0.39 is 5.97 Å². The van der Waals surface area contributed by atoms with Crippen LogP contribution in [0.15, 0.2) is 48.5 Å². The number of esters is 1. The van der Waals surface area contributed by atoms with E-state index in [0.717, 1.165) is 0 Å². The minimum absolute atomic E-state index is 0.0729. The van der Waals surface area contributed by atoms with Gasteiger partial charge in [0.15, 0.2) is 0 Å². The van der Waals surface area contributed by atoms with Crippen LogP contribution in [0.1, 0.15) is 23.2 Å². The summed E-state index contributed by atoms with van der Waals surface area (Å²) in [5, 5.41) is 5.61. The van der Waals surface area contributed by atoms with E-state index in [2.05, 4.69) is 15.4 Å². The summed E-state index contributed by atoms with van der Waals surface area (Å²) in [5.74, 6) is -1.16. The quantitative estimate of drug-likeness (QED) is 0.711. The van der Waals surface area contributed by atoms with E-state index in [9.17, 15) is 18.8 Å². The second-order valence-electron chi connectivity index (χ2n) is 7.16. The minimum atomic E-state index is -0.427. The van der Waals surface area contributed by atoms with Gasteiger partial charge in [-0.05, 0) is 74.5 Å². The number of anilines is 2. The monoisotopic (exact) mass is 413 g/mol. The molecule has 1 heterocycles. The van der Waals surface area contributed by atoms with Crippen LogP contribution in [0.5, 0.6) is 0 Å². The Hall–Kier alpha value is -3.26. The number of nitrogens with zero attached hydrogens (tertiary/aromatic N) is 1. The van der Waals surface area contributed by atoms with Crippen LogP contribution in [0.4, 0.5) is 15.8 Å². The highest BCUT2D eigenvalue weighted by Crippen LogP contribution is 2.20. The van der Waals surface area contributed by atoms with Gasteiger partial charge in [-0.2, -0.15) is 0 Å². The predicted octanol–water partition coefficient (Wildman–Crippen LogP) is 2.90. The van der Waals surface area contributed by atoms with E-state index in [1.807, 2.05) is 4.90 Å². The standard InChI is InChI=1S/C22H24FN3O4/c1-30-22(29)16-2-6-19(7-3-16)25-21(28)15-10-12-26(13-11-15)14-20(27)24-18-8-4-17(23)5-9-18/h2-9,15H,10-14H2,1H3,(H,24,27)(H,25,28). The molecule has 158 valence electrons. The van der Waals surface area contributed by atoms with Crippen molar-refractivity contribution in [3.05, 3.63) is 59.9 Å². The molecule has 2 aromatic carbocycles. The average Bonchev–Trinajstić information content (AvgIpc) is 2.75. The first-order valence-corrected chi connectivity index (χ1v) is 9.71. The van der Waals surface area contributed by atoms with Crippen LogP contribution in [0.2, 0.25) is 0 Å². The first kappa shape index (κ1) is 21.4. The molecule has 1 saturated heterocycles. The number of carbonyl (C=O) groups excluding carboxylic acids is 3. The molecule has 1 fully saturated rings. The number of carbonyl (C=O) groups is 3. The van der Waals surface area contributed by atoms with Crippen LogP contribution in [0.25, 0.3) is 0 Å². The Morgan fingerprint density at radius 2 is 1.53 bits per heavy atom. The van der Waals surface area contributed by atoms with Crippen molar-refractivity contribution in [2.24, 2.45) is 5.92 Å². The fourth-order valence-electron chi connectivity index (χ4n) is 3.34. The van der Waals surface area contributed by atoms with Crippen LogP contribution >= 0.6 is 0 Å². The summed E-state index contributed by atoms with van der Waals surface area (Å²) in [6, 6.07) is 12.2. The largest absolute Gasteiger partial charge is 0.465 e. The number of hydrogen-bond acceptors (Lipinski definition) is 5. The Balaban J connectivity index is 1.43. The lowest BCUT2D eigenvalue weighted by Crippen LogP contribution is -2.41. The second-order valence-corrected chi connectivity index (χ2v) is 7.16. The summed E-state index contributed by atoms with van der Waals surface area (Å²) >= 11 is 0. The molecule has 1 aliphatic rings. The molecule has 30 heavy (non-hydrogen) atoms. The van der Waals surface area contributed by atoms with E-state index >= 15 is 0 Å². The molecule has 2 amide bonds. The van der Waals surface area contributed by atoms with Crippen LogP contribution in [-0.2, 0) is 14.3 Å². The van der Waals surface area contributed by atoms with Gasteiger partial charge in [-0.3, -0.25) is 14.5 Å². The van der Waals surface area contributed by atoms with Crippen molar-refractivity contribution in [1.82, 2.24) is 4.90 Å². The Bertz CT molecular complexity index is 892. The topological polar surface area (TPSA) is 87.7 Å². The molecule has 0 bridgehead atoms. The van der Waals surface area contributed by atoms with E-state index in [0.29, 0.717) is 42.9 Å². The van der Waals surface area contributed by atoms with Gasteiger partial charge in [0.05, 0.1) is 19.2 Å². The van der Waals surface area contributed by atoms with Gasteiger partial charge in [0.1, 0.15) is 5.82 Å². The fraction of sp³-hybridized carbons (Fsp3) is 0.318. The molecule has 0 spiro atoms. The van der Waals surface area contributed by atoms with Crippen LogP contribution in [-0.4, -0.2) is 49.4 Å². The minimum Gasteiger partial charge on any atom is -0.465 e. The summed E-state index contributed by atoms with van der Waals surface area (Å²) in [6.07, 6.45) is 1.30. The Morgan fingerprint density at radius 3 is 2.13 bits per heavy atom. The highest BCUT2D eigenvalue weighted by Gasteiger charge is 2.26. The zero-order valence-electron chi connectivity index (χ0n) is 16.7. The third kappa shape index (κ3) is 5.87. The maximum absolute atomic E-state index is 12.9. The van der Waals surface area contributed by atoms with Crippen molar-refractivity contribution in [3.63, 3.8) is 0 Å². The molecule has 0 radical (unpaired) electrons. The summed E-state index contributed by atoms with van der Waals surface area (Å²) in [7, 11) is 1.32. The molecule has 0 saturated carbocycles. The van der Waals surface area contributed by atoms with E-state index in [4.69, 9.17) is 0 Å². The van der Waals surface area contributed by atoms with Crippen molar-refractivity contribution < 1.29 is 23.5 Å². The number of halogens is 1. The highest BCUT2D eigenvalue weighted by atomic mass is 19.1. The summed E-state index contributed by atoms with van der Waals surface area (Å²) < 4.78 is 17.6. The lowest BCUT2D eigenvalue weighted by atomic mass is 9.95. The number of amides is 2. The fourth-order valence-corrected chi connectivity index (χ4v) is 3.34. The zero-order valence-corrected chi connectivity index (χ0v) is 16.7. The third-order valence-corrected chi connectivity index (χ3v) is 5.03. The van der Waals surface area contributed by atoms with Gasteiger partial charge in [0, 0.05) is 17.3 Å². The van der Waals surface area contributed by atoms with Gasteiger partial charge in [-0.1, -0.05) is 0 Å². The summed E-state index contributed by atoms with van der Waals surface area (Å²) in [6.45, 7) is 1.49. The average molecular weight is 413 g/mol. The maximum Gasteiger partial charge on any atom is 0.337 e. The molecule has 0 aromatic heterocycles. The number of methoxy groups -OCH3 is 1. The molecular formula is C22H24FN3O4. The molecule has 2 N–H and O–H groups in total. The number of rotatable bonds is 6. The molecule has 0 atom stereocenters. The Morgan fingerprint density at radius 1 is 0.967 bits per heavy atom. The van der Waals surface area contributed by atoms with E-state index in [1.54, 1.807) is 24.3 Å². The number of piperidine rings is 1. The first-order valence-electron chi connectivity index (χ1n) is 9.71. The summed E-state index contributed by atoms with van der Waals surface area (Å²) in [4.78, 5) is 38.1. The van der Waals surface area contributed by atoms with Crippen molar-refractivity contribution >= 4 is 29.2 Å². The molecule has 7 nitrogen and oxygen atoms in total. The van der Waals surface area contributed by atoms with Gasteiger partial charge in [-0.25, -0.2) is 9.18 Å². The van der Waals surface area contributed by atoms with Crippen molar-refractivity contribution in [2.45, 2.75) is 12.8 Å².